The number of carboxylic acids is 2. The van der Waals surface area contributed by atoms with Gasteiger partial charge in [0.1, 0.15) is 0 Å². The van der Waals surface area contributed by atoms with E-state index >= 15 is 0 Å². The van der Waals surface area contributed by atoms with E-state index in [0.29, 0.717) is 12.8 Å². The van der Waals surface area contributed by atoms with E-state index in [1.165, 1.54) is 0 Å². The lowest BCUT2D eigenvalue weighted by molar-refractivity contribution is -0.332. The van der Waals surface area contributed by atoms with Gasteiger partial charge >= 0.3 is 0 Å². The highest BCUT2D eigenvalue weighted by molar-refractivity contribution is 5.79. The number of carbonyl (C=O) groups is 2. The first-order chi connectivity index (χ1) is 4.63. The zero-order valence-corrected chi connectivity index (χ0v) is 9.13. The zero-order valence-electron chi connectivity index (χ0n) is 5.96. The molecule has 0 N–H and O–H groups in total. The van der Waals surface area contributed by atoms with Crippen LogP contribution < -0.4 is 44.2 Å². The summed E-state index contributed by atoms with van der Waals surface area (Å²) in [6, 6.07) is 0. The van der Waals surface area contributed by atoms with Crippen LogP contribution >= 0.6 is 0 Å². The molecule has 0 amide bonds. The van der Waals surface area contributed by atoms with Gasteiger partial charge in [0.15, 0.2) is 0 Å². The number of carbonyl (C=O) groups excluding carboxylic acids is 2. The van der Waals surface area contributed by atoms with E-state index in [1.54, 1.807) is 0 Å². The van der Waals surface area contributed by atoms with E-state index in [0.717, 1.165) is 0 Å². The Balaban J connectivity index is 0. The van der Waals surface area contributed by atoms with Gasteiger partial charge in [-0.05, 0) is 12.8 Å². The fourth-order valence-electron chi connectivity index (χ4n) is 1.06. The van der Waals surface area contributed by atoms with Gasteiger partial charge in [-0.15, -0.1) is 0 Å². The van der Waals surface area contributed by atoms with Crippen LogP contribution in [0.25, 0.3) is 0 Å². The molecule has 0 saturated heterocycles. The van der Waals surface area contributed by atoms with Crippen LogP contribution in [0.15, 0.2) is 0 Å². The van der Waals surface area contributed by atoms with Gasteiger partial charge in [-0.2, -0.15) is 0 Å². The van der Waals surface area contributed by atoms with Gasteiger partial charge in [0.25, 0.3) is 0 Å². The molecular formula is C6H6Br2O4-4. The highest BCUT2D eigenvalue weighted by atomic mass is 79.9. The van der Waals surface area contributed by atoms with E-state index in [9.17, 15) is 19.8 Å². The lowest BCUT2D eigenvalue weighted by Gasteiger charge is -2.37. The van der Waals surface area contributed by atoms with Crippen molar-refractivity contribution < 1.29 is 53.8 Å². The Labute approximate surface area is 90.5 Å². The van der Waals surface area contributed by atoms with Crippen LogP contribution in [0, 0.1) is 11.8 Å². The second-order valence-electron chi connectivity index (χ2n) is 2.43. The maximum Gasteiger partial charge on any atom is 0.0451 e. The molecule has 2 atom stereocenters. The number of hydrogen-bond acceptors (Lipinski definition) is 4. The topological polar surface area (TPSA) is 80.3 Å². The average Bonchev–Trinajstić information content (AvgIpc) is 1.56. The van der Waals surface area contributed by atoms with Crippen molar-refractivity contribution in [3.8, 4) is 0 Å². The molecule has 1 aliphatic carbocycles. The van der Waals surface area contributed by atoms with Crippen LogP contribution in [0.4, 0.5) is 0 Å². The minimum absolute atomic E-state index is 0. The quantitative estimate of drug-likeness (QED) is 0.507. The van der Waals surface area contributed by atoms with Gasteiger partial charge in [-0.3, -0.25) is 0 Å². The smallest absolute Gasteiger partial charge is 0.0451 e. The van der Waals surface area contributed by atoms with Crippen molar-refractivity contribution in [1.29, 1.82) is 0 Å². The summed E-state index contributed by atoms with van der Waals surface area (Å²) in [5.74, 6) is -4.18. The van der Waals surface area contributed by atoms with Gasteiger partial charge in [0, 0.05) is 23.8 Å². The monoisotopic (exact) mass is 300 g/mol. The van der Waals surface area contributed by atoms with Crippen molar-refractivity contribution in [3.63, 3.8) is 0 Å². The van der Waals surface area contributed by atoms with Crippen LogP contribution in [0.2, 0.25) is 0 Å². The molecule has 2 unspecified atom stereocenters. The van der Waals surface area contributed by atoms with E-state index in [4.69, 9.17) is 0 Å². The maximum atomic E-state index is 10.1. The minimum atomic E-state index is -1.28. The zero-order chi connectivity index (χ0) is 7.72. The Bertz CT molecular complexity index is 162. The fraction of sp³-hybridized carbons (Fsp3) is 0.667. The summed E-state index contributed by atoms with van der Waals surface area (Å²) in [6.45, 7) is 0. The second kappa shape index (κ2) is 5.53. The summed E-state index contributed by atoms with van der Waals surface area (Å²) in [5.41, 5.74) is 0. The standard InChI is InChI=1S/C6H8O4.2BrH/c7-5(8)3-1-2-4(3)6(9)10;;/h3-4H,1-2H2,(H,7,8)(H,9,10);2*1H/p-4. The SMILES string of the molecule is O=C([O-])C1CCC1C(=O)[O-].[Br-].[Br-]. The lowest BCUT2D eigenvalue weighted by Crippen LogP contribution is -3.00. The third-order valence-corrected chi connectivity index (χ3v) is 1.88. The van der Waals surface area contributed by atoms with Crippen LogP contribution in [0.3, 0.4) is 0 Å². The molecule has 0 aromatic carbocycles. The largest absolute Gasteiger partial charge is 1.00 e. The first kappa shape index (κ1) is 14.4. The summed E-state index contributed by atoms with van der Waals surface area (Å²) >= 11 is 0. The molecule has 6 heteroatoms. The van der Waals surface area contributed by atoms with Gasteiger partial charge in [-0.1, -0.05) is 0 Å². The van der Waals surface area contributed by atoms with Crippen molar-refractivity contribution in [3.05, 3.63) is 0 Å². The maximum absolute atomic E-state index is 10.1. The number of hydrogen-bond donors (Lipinski definition) is 0. The Morgan fingerprint density at radius 2 is 1.17 bits per heavy atom. The second-order valence-corrected chi connectivity index (χ2v) is 2.43. The first-order valence-electron chi connectivity index (χ1n) is 3.04. The normalized spacial score (nSPS) is 25.7. The third kappa shape index (κ3) is 2.75. The first-order valence-corrected chi connectivity index (χ1v) is 3.04. The summed E-state index contributed by atoms with van der Waals surface area (Å²) in [6.07, 6.45) is 0.808. The van der Waals surface area contributed by atoms with Crippen LogP contribution in [0.1, 0.15) is 12.8 Å². The molecule has 0 aromatic rings. The lowest BCUT2D eigenvalue weighted by atomic mass is 9.74. The minimum Gasteiger partial charge on any atom is -1.00 e. The van der Waals surface area contributed by atoms with Crippen molar-refractivity contribution >= 4 is 11.9 Å². The van der Waals surface area contributed by atoms with E-state index in [1.807, 2.05) is 0 Å². The summed E-state index contributed by atoms with van der Waals surface area (Å²) in [7, 11) is 0. The average molecular weight is 302 g/mol. The van der Waals surface area contributed by atoms with Gasteiger partial charge in [-0.25, -0.2) is 0 Å². The van der Waals surface area contributed by atoms with Gasteiger partial charge in [0.05, 0.1) is 0 Å². The van der Waals surface area contributed by atoms with E-state index in [-0.39, 0.29) is 34.0 Å². The predicted octanol–water partition coefficient (Wildman–Crippen LogP) is -8.48. The van der Waals surface area contributed by atoms with Crippen molar-refractivity contribution in [2.75, 3.05) is 0 Å². The van der Waals surface area contributed by atoms with Crippen LogP contribution in [-0.4, -0.2) is 11.9 Å². The molecule has 0 bridgehead atoms. The summed E-state index contributed by atoms with van der Waals surface area (Å²) < 4.78 is 0. The van der Waals surface area contributed by atoms with Gasteiger partial charge < -0.3 is 53.8 Å². The number of rotatable bonds is 2. The van der Waals surface area contributed by atoms with Crippen LogP contribution in [0.5, 0.6) is 0 Å². The molecule has 0 heterocycles. The fourth-order valence-corrected chi connectivity index (χ4v) is 1.06. The molecular weight excluding hydrogens is 296 g/mol. The molecule has 0 aliphatic heterocycles. The highest BCUT2D eigenvalue weighted by Gasteiger charge is 2.32. The molecule has 1 rings (SSSR count). The Morgan fingerprint density at radius 1 is 0.917 bits per heavy atom. The van der Waals surface area contributed by atoms with Gasteiger partial charge in [0.2, 0.25) is 0 Å². The number of carboxylic acid groups (broad SMARTS) is 2. The molecule has 0 aromatic heterocycles. The molecule has 72 valence electrons. The highest BCUT2D eigenvalue weighted by Crippen LogP contribution is 2.32. The summed E-state index contributed by atoms with van der Waals surface area (Å²) in [5, 5.41) is 20.2. The molecule has 0 spiro atoms. The number of aliphatic carboxylic acids is 2. The Kier molecular flexibility index (Phi) is 6.65. The molecule has 1 saturated carbocycles. The van der Waals surface area contributed by atoms with E-state index < -0.39 is 23.8 Å². The molecule has 1 fully saturated rings. The third-order valence-electron chi connectivity index (χ3n) is 1.88. The molecule has 0 radical (unpaired) electrons. The van der Waals surface area contributed by atoms with Crippen molar-refractivity contribution in [1.82, 2.24) is 0 Å². The molecule has 4 nitrogen and oxygen atoms in total. The van der Waals surface area contributed by atoms with Crippen molar-refractivity contribution in [2.24, 2.45) is 11.8 Å². The molecule has 1 aliphatic rings. The Hall–Kier alpha value is -0.100. The number of halogens is 2. The molecule has 12 heavy (non-hydrogen) atoms. The van der Waals surface area contributed by atoms with Crippen LogP contribution in [-0.2, 0) is 9.59 Å². The van der Waals surface area contributed by atoms with E-state index in [2.05, 4.69) is 0 Å². The van der Waals surface area contributed by atoms with Crippen molar-refractivity contribution in [2.45, 2.75) is 12.8 Å². The Morgan fingerprint density at radius 3 is 1.25 bits per heavy atom. The predicted molar refractivity (Wildman–Crippen MR) is 26.2 cm³/mol. The summed E-state index contributed by atoms with van der Waals surface area (Å²) in [4.78, 5) is 20.2.